The number of aryl methyl sites for hydroxylation is 1. The van der Waals surface area contributed by atoms with E-state index in [-0.39, 0.29) is 0 Å². The van der Waals surface area contributed by atoms with Crippen molar-refractivity contribution in [3.8, 4) is 34.8 Å². The number of methoxy groups -OCH3 is 5. The highest BCUT2D eigenvalue weighted by Crippen LogP contribution is 2.38. The number of hydrogen-bond donors (Lipinski definition) is 1. The minimum atomic E-state index is 0.323. The second kappa shape index (κ2) is 11.1. The van der Waals surface area contributed by atoms with E-state index in [2.05, 4.69) is 11.4 Å². The van der Waals surface area contributed by atoms with E-state index in [0.29, 0.717) is 45.9 Å². The molecule has 0 fully saturated rings. The van der Waals surface area contributed by atoms with Crippen molar-refractivity contribution in [2.45, 2.75) is 13.5 Å². The van der Waals surface area contributed by atoms with Crippen LogP contribution in [-0.2, 0) is 6.54 Å². The first-order valence-corrected chi connectivity index (χ1v) is 9.74. The molecule has 0 bridgehead atoms. The maximum atomic E-state index is 9.63. The third-order valence-corrected chi connectivity index (χ3v) is 4.90. The lowest BCUT2D eigenvalue weighted by molar-refractivity contribution is 0.323. The van der Waals surface area contributed by atoms with Crippen LogP contribution in [0.15, 0.2) is 29.8 Å². The van der Waals surface area contributed by atoms with Gasteiger partial charge in [-0.15, -0.1) is 0 Å². The van der Waals surface area contributed by atoms with Crippen LogP contribution < -0.4 is 29.0 Å². The van der Waals surface area contributed by atoms with Crippen molar-refractivity contribution in [2.75, 3.05) is 35.5 Å². The molecule has 1 N–H and O–H groups in total. The van der Waals surface area contributed by atoms with Gasteiger partial charge in [0.2, 0.25) is 5.75 Å². The van der Waals surface area contributed by atoms with Gasteiger partial charge in [0.25, 0.3) is 0 Å². The molecule has 0 radical (unpaired) electrons. The van der Waals surface area contributed by atoms with Gasteiger partial charge in [0.15, 0.2) is 23.0 Å². The molecule has 0 aliphatic carbocycles. The fourth-order valence-corrected chi connectivity index (χ4v) is 3.27. The lowest BCUT2D eigenvalue weighted by Crippen LogP contribution is -2.22. The molecule has 0 aliphatic heterocycles. The summed E-state index contributed by atoms with van der Waals surface area (Å²) in [6.07, 6.45) is 1.71. The van der Waals surface area contributed by atoms with E-state index in [4.69, 9.17) is 35.9 Å². The Kier molecular flexibility index (Phi) is 8.53. The molecule has 2 aromatic rings. The highest BCUT2D eigenvalue weighted by atomic mass is 32.1. The van der Waals surface area contributed by atoms with Crippen LogP contribution in [0, 0.1) is 18.3 Å². The van der Waals surface area contributed by atoms with Gasteiger partial charge < -0.3 is 29.0 Å². The van der Waals surface area contributed by atoms with Gasteiger partial charge in [-0.2, -0.15) is 5.26 Å². The minimum absolute atomic E-state index is 0.323. The molecule has 0 unspecified atom stereocenters. The normalized spacial score (nSPS) is 10.7. The molecule has 0 amide bonds. The second-order valence-electron chi connectivity index (χ2n) is 6.46. The molecule has 0 saturated heterocycles. The Hall–Kier alpha value is -3.44. The molecule has 0 heterocycles. The summed E-state index contributed by atoms with van der Waals surface area (Å²) in [7, 11) is 7.82. The molecule has 0 spiro atoms. The first-order chi connectivity index (χ1) is 14.9. The summed E-state index contributed by atoms with van der Waals surface area (Å²) in [5.41, 5.74) is 2.86. The molecule has 8 heteroatoms. The summed E-state index contributed by atoms with van der Waals surface area (Å²) >= 11 is 5.44. The van der Waals surface area contributed by atoms with E-state index in [1.807, 2.05) is 25.1 Å². The van der Waals surface area contributed by atoms with E-state index in [1.54, 1.807) is 47.7 Å². The standard InChI is InChI=1S/C23H26N2O5S/c1-14-7-15(9-18(26-2)21(14)29-5)8-17(12-24)23(31)25-13-16-10-19(27-3)22(30-6)20(11-16)28-4/h7-11H,13H2,1-6H3,(H,25,31)/b17-8-. The highest BCUT2D eigenvalue weighted by molar-refractivity contribution is 7.80. The summed E-state index contributed by atoms with van der Waals surface area (Å²) in [5, 5.41) is 12.7. The Morgan fingerprint density at radius 3 is 1.94 bits per heavy atom. The van der Waals surface area contributed by atoms with E-state index in [9.17, 15) is 5.26 Å². The Morgan fingerprint density at radius 1 is 0.903 bits per heavy atom. The molecule has 7 nitrogen and oxygen atoms in total. The van der Waals surface area contributed by atoms with Gasteiger partial charge >= 0.3 is 0 Å². The van der Waals surface area contributed by atoms with Gasteiger partial charge in [0, 0.05) is 6.54 Å². The third kappa shape index (κ3) is 5.58. The number of thiocarbonyl (C=S) groups is 1. The molecule has 2 aromatic carbocycles. The number of rotatable bonds is 9. The van der Waals surface area contributed by atoms with Crippen LogP contribution >= 0.6 is 12.2 Å². The van der Waals surface area contributed by atoms with Crippen LogP contribution in [0.1, 0.15) is 16.7 Å². The Morgan fingerprint density at radius 2 is 1.45 bits per heavy atom. The number of ether oxygens (including phenoxy) is 5. The predicted octanol–water partition coefficient (Wildman–Crippen LogP) is 4.06. The van der Waals surface area contributed by atoms with Crippen molar-refractivity contribution in [1.82, 2.24) is 5.32 Å². The number of benzene rings is 2. The highest BCUT2D eigenvalue weighted by Gasteiger charge is 2.14. The van der Waals surface area contributed by atoms with Gasteiger partial charge in [-0.3, -0.25) is 0 Å². The lowest BCUT2D eigenvalue weighted by Gasteiger charge is -2.15. The van der Waals surface area contributed by atoms with Gasteiger partial charge in [0.1, 0.15) is 11.1 Å². The van der Waals surface area contributed by atoms with Crippen LogP contribution in [0.5, 0.6) is 28.7 Å². The third-order valence-electron chi connectivity index (χ3n) is 4.54. The first-order valence-electron chi connectivity index (χ1n) is 9.33. The van der Waals surface area contributed by atoms with Gasteiger partial charge in [0.05, 0.1) is 41.1 Å². The molecule has 31 heavy (non-hydrogen) atoms. The lowest BCUT2D eigenvalue weighted by atomic mass is 10.1. The minimum Gasteiger partial charge on any atom is -0.493 e. The quantitative estimate of drug-likeness (QED) is 0.354. The van der Waals surface area contributed by atoms with Gasteiger partial charge in [-0.05, 0) is 54.0 Å². The first kappa shape index (κ1) is 23.8. The summed E-state index contributed by atoms with van der Waals surface area (Å²) in [6, 6.07) is 9.50. The Bertz CT molecular complexity index is 1000. The predicted molar refractivity (Wildman–Crippen MR) is 123 cm³/mol. The summed E-state index contributed by atoms with van der Waals surface area (Å²) < 4.78 is 26.8. The fourth-order valence-electron chi connectivity index (χ4n) is 3.10. The largest absolute Gasteiger partial charge is 0.493 e. The van der Waals surface area contributed by atoms with Crippen molar-refractivity contribution in [3.05, 3.63) is 46.5 Å². The van der Waals surface area contributed by atoms with Crippen LogP contribution in [0.25, 0.3) is 6.08 Å². The monoisotopic (exact) mass is 442 g/mol. The zero-order valence-electron chi connectivity index (χ0n) is 18.5. The van der Waals surface area contributed by atoms with E-state index in [1.165, 1.54) is 0 Å². The Labute approximate surface area is 188 Å². The van der Waals surface area contributed by atoms with Crippen molar-refractivity contribution in [3.63, 3.8) is 0 Å². The second-order valence-corrected chi connectivity index (χ2v) is 6.87. The van der Waals surface area contributed by atoms with Crippen LogP contribution in [0.3, 0.4) is 0 Å². The summed E-state index contributed by atoms with van der Waals surface area (Å²) in [5.74, 6) is 2.84. The van der Waals surface area contributed by atoms with E-state index in [0.717, 1.165) is 16.7 Å². The number of nitrogens with zero attached hydrogens (tertiary/aromatic N) is 1. The average molecular weight is 443 g/mol. The summed E-state index contributed by atoms with van der Waals surface area (Å²) in [4.78, 5) is 0.323. The Balaban J connectivity index is 2.25. The molecule has 0 aromatic heterocycles. The molecule has 164 valence electrons. The van der Waals surface area contributed by atoms with Crippen LogP contribution in [-0.4, -0.2) is 40.5 Å². The number of hydrogen-bond acceptors (Lipinski definition) is 7. The maximum absolute atomic E-state index is 9.63. The van der Waals surface area contributed by atoms with Crippen molar-refractivity contribution >= 4 is 23.3 Å². The molecule has 0 atom stereocenters. The van der Waals surface area contributed by atoms with E-state index < -0.39 is 0 Å². The number of nitrogens with one attached hydrogen (secondary N) is 1. The smallest absolute Gasteiger partial charge is 0.203 e. The molecule has 0 saturated carbocycles. The summed E-state index contributed by atoms with van der Waals surface area (Å²) in [6.45, 7) is 2.28. The molecule has 2 rings (SSSR count). The topological polar surface area (TPSA) is 82.0 Å². The average Bonchev–Trinajstić information content (AvgIpc) is 2.79. The molecular formula is C23H26N2O5S. The zero-order chi connectivity index (χ0) is 23.0. The van der Waals surface area contributed by atoms with Gasteiger partial charge in [-0.25, -0.2) is 0 Å². The SMILES string of the molecule is COc1cc(/C=C(/C#N)C(=S)NCc2cc(OC)c(OC)c(OC)c2)cc(C)c1OC. The maximum Gasteiger partial charge on any atom is 0.203 e. The fraction of sp³-hybridized carbons (Fsp3) is 0.304. The van der Waals surface area contributed by atoms with Crippen molar-refractivity contribution in [2.24, 2.45) is 0 Å². The van der Waals surface area contributed by atoms with Crippen molar-refractivity contribution < 1.29 is 23.7 Å². The van der Waals surface area contributed by atoms with E-state index >= 15 is 0 Å². The number of nitriles is 1. The molecule has 0 aliphatic rings. The molecular weight excluding hydrogens is 416 g/mol. The zero-order valence-corrected chi connectivity index (χ0v) is 19.3. The van der Waals surface area contributed by atoms with Crippen LogP contribution in [0.4, 0.5) is 0 Å². The van der Waals surface area contributed by atoms with Crippen molar-refractivity contribution in [1.29, 1.82) is 5.26 Å². The van der Waals surface area contributed by atoms with Gasteiger partial charge in [-0.1, -0.05) is 12.2 Å². The van der Waals surface area contributed by atoms with Crippen LogP contribution in [0.2, 0.25) is 0 Å².